The molecular formula is C22H22N2O4. The molecule has 0 bridgehead atoms. The maximum atomic E-state index is 13.3. The van der Waals surface area contributed by atoms with Crippen LogP contribution in [-0.2, 0) is 20.9 Å². The number of likely N-dealkylation sites (N-methyl/N-ethyl adjacent to an activating group) is 1. The van der Waals surface area contributed by atoms with E-state index in [2.05, 4.69) is 0 Å². The Morgan fingerprint density at radius 3 is 2.68 bits per heavy atom. The van der Waals surface area contributed by atoms with Gasteiger partial charge in [0.15, 0.2) is 0 Å². The fourth-order valence-electron chi connectivity index (χ4n) is 4.11. The molecule has 2 amide bonds. The second-order valence-electron chi connectivity index (χ2n) is 7.43. The summed E-state index contributed by atoms with van der Waals surface area (Å²) in [4.78, 5) is 41.7. The van der Waals surface area contributed by atoms with E-state index in [0.29, 0.717) is 11.3 Å². The molecule has 6 heteroatoms. The lowest BCUT2D eigenvalue weighted by molar-refractivity contribution is -0.157. The highest BCUT2D eigenvalue weighted by Gasteiger charge is 2.60. The molecule has 144 valence electrons. The number of ether oxygens (including phenoxy) is 1. The largest absolute Gasteiger partial charge is 0.458 e. The van der Waals surface area contributed by atoms with Gasteiger partial charge in [-0.25, -0.2) is 4.79 Å². The quantitative estimate of drug-likeness (QED) is 0.770. The number of hydrogen-bond acceptors (Lipinski definition) is 4. The number of rotatable bonds is 3. The average Bonchev–Trinajstić information content (AvgIpc) is 3.05. The van der Waals surface area contributed by atoms with Gasteiger partial charge in [0.25, 0.3) is 5.91 Å². The summed E-state index contributed by atoms with van der Waals surface area (Å²) in [6, 6.07) is 12.8. The third-order valence-corrected chi connectivity index (χ3v) is 5.73. The van der Waals surface area contributed by atoms with Crippen LogP contribution in [0, 0.1) is 13.8 Å². The van der Waals surface area contributed by atoms with E-state index in [1.54, 1.807) is 31.3 Å². The third-order valence-electron chi connectivity index (χ3n) is 5.73. The van der Waals surface area contributed by atoms with Gasteiger partial charge < -0.3 is 9.64 Å². The second kappa shape index (κ2) is 6.48. The van der Waals surface area contributed by atoms with E-state index in [1.807, 2.05) is 32.0 Å². The zero-order chi connectivity index (χ0) is 20.1. The predicted octanol–water partition coefficient (Wildman–Crippen LogP) is 2.96. The van der Waals surface area contributed by atoms with Gasteiger partial charge in [-0.3, -0.25) is 14.5 Å². The molecule has 4 rings (SSSR count). The molecule has 2 aromatic rings. The number of nitrogens with zero attached hydrogens (tertiary/aromatic N) is 2. The van der Waals surface area contributed by atoms with Crippen molar-refractivity contribution < 1.29 is 19.1 Å². The SMILES string of the molecule is Cc1ccc(C)c(COC(=O)[C@@]23CCC(=O)N2c2ccccc2C(=O)N3C)c1. The van der Waals surface area contributed by atoms with E-state index in [0.717, 1.165) is 16.7 Å². The number of para-hydroxylation sites is 1. The van der Waals surface area contributed by atoms with Crippen LogP contribution in [0.3, 0.4) is 0 Å². The lowest BCUT2D eigenvalue weighted by atomic mass is 9.97. The number of carbonyl (C=O) groups excluding carboxylic acids is 3. The third kappa shape index (κ3) is 2.52. The summed E-state index contributed by atoms with van der Waals surface area (Å²) in [6.07, 6.45) is 0.401. The number of fused-ring (bicyclic) bond motifs is 3. The summed E-state index contributed by atoms with van der Waals surface area (Å²) in [7, 11) is 1.56. The van der Waals surface area contributed by atoms with Gasteiger partial charge >= 0.3 is 5.97 Å². The Balaban J connectivity index is 1.70. The molecule has 0 saturated carbocycles. The fraction of sp³-hybridized carbons (Fsp3) is 0.318. The standard InChI is InChI=1S/C22H22N2O4/c1-14-8-9-15(2)16(12-14)13-28-21(27)22-11-10-19(25)24(22)18-7-5-4-6-17(18)20(26)23(22)3/h4-9,12H,10-11,13H2,1-3H3/t22-/m1/s1. The van der Waals surface area contributed by atoms with Crippen molar-refractivity contribution in [2.24, 2.45) is 0 Å². The van der Waals surface area contributed by atoms with Gasteiger partial charge in [0.1, 0.15) is 6.61 Å². The van der Waals surface area contributed by atoms with Gasteiger partial charge in [0.2, 0.25) is 11.6 Å². The Hall–Kier alpha value is -3.15. The van der Waals surface area contributed by atoms with E-state index in [1.165, 1.54) is 9.80 Å². The van der Waals surface area contributed by atoms with E-state index in [4.69, 9.17) is 4.74 Å². The molecule has 0 aliphatic carbocycles. The van der Waals surface area contributed by atoms with Crippen molar-refractivity contribution in [1.29, 1.82) is 0 Å². The first-order valence-electron chi connectivity index (χ1n) is 9.30. The Labute approximate surface area is 163 Å². The van der Waals surface area contributed by atoms with E-state index in [9.17, 15) is 14.4 Å². The number of anilines is 1. The smallest absolute Gasteiger partial charge is 0.354 e. The average molecular weight is 378 g/mol. The maximum absolute atomic E-state index is 13.3. The zero-order valence-corrected chi connectivity index (χ0v) is 16.2. The zero-order valence-electron chi connectivity index (χ0n) is 16.2. The molecule has 28 heavy (non-hydrogen) atoms. The van der Waals surface area contributed by atoms with Gasteiger partial charge in [0.05, 0.1) is 11.3 Å². The number of amides is 2. The normalized spacial score (nSPS) is 20.8. The molecule has 1 fully saturated rings. The van der Waals surface area contributed by atoms with Crippen LogP contribution in [0.4, 0.5) is 5.69 Å². The molecule has 0 aromatic heterocycles. The van der Waals surface area contributed by atoms with Gasteiger partial charge in [-0.2, -0.15) is 0 Å². The van der Waals surface area contributed by atoms with Crippen molar-refractivity contribution in [3.8, 4) is 0 Å². The minimum Gasteiger partial charge on any atom is -0.458 e. The molecule has 0 radical (unpaired) electrons. The molecule has 0 N–H and O–H groups in total. The van der Waals surface area contributed by atoms with Crippen LogP contribution >= 0.6 is 0 Å². The molecular weight excluding hydrogens is 356 g/mol. The van der Waals surface area contributed by atoms with E-state index in [-0.39, 0.29) is 31.3 Å². The first-order valence-corrected chi connectivity index (χ1v) is 9.30. The maximum Gasteiger partial charge on any atom is 0.354 e. The number of esters is 1. The highest BCUT2D eigenvalue weighted by atomic mass is 16.5. The molecule has 6 nitrogen and oxygen atoms in total. The van der Waals surface area contributed by atoms with Crippen LogP contribution in [-0.4, -0.2) is 35.4 Å². The molecule has 0 spiro atoms. The molecule has 0 unspecified atom stereocenters. The summed E-state index contributed by atoms with van der Waals surface area (Å²) in [6.45, 7) is 4.03. The topological polar surface area (TPSA) is 66.9 Å². The summed E-state index contributed by atoms with van der Waals surface area (Å²) in [5, 5.41) is 0. The minimum atomic E-state index is -1.43. The summed E-state index contributed by atoms with van der Waals surface area (Å²) < 4.78 is 5.66. The minimum absolute atomic E-state index is 0.0970. The van der Waals surface area contributed by atoms with Crippen molar-refractivity contribution >= 4 is 23.5 Å². The second-order valence-corrected chi connectivity index (χ2v) is 7.43. The number of benzene rings is 2. The Kier molecular flexibility index (Phi) is 4.22. The summed E-state index contributed by atoms with van der Waals surface area (Å²) in [5.41, 5.74) is 2.46. The van der Waals surface area contributed by atoms with Crippen LogP contribution < -0.4 is 4.90 Å². The molecule has 2 aliphatic rings. The summed E-state index contributed by atoms with van der Waals surface area (Å²) in [5.74, 6) is -1.05. The molecule has 2 aliphatic heterocycles. The van der Waals surface area contributed by atoms with Crippen molar-refractivity contribution in [2.45, 2.75) is 39.0 Å². The van der Waals surface area contributed by atoms with Crippen molar-refractivity contribution in [3.63, 3.8) is 0 Å². The number of hydrogen-bond donors (Lipinski definition) is 0. The molecule has 1 atom stereocenters. The van der Waals surface area contributed by atoms with Gasteiger partial charge in [-0.05, 0) is 37.1 Å². The van der Waals surface area contributed by atoms with Crippen molar-refractivity contribution in [1.82, 2.24) is 4.90 Å². The van der Waals surface area contributed by atoms with Gasteiger partial charge in [0, 0.05) is 19.9 Å². The Morgan fingerprint density at radius 1 is 1.14 bits per heavy atom. The van der Waals surface area contributed by atoms with Crippen LogP contribution in [0.1, 0.15) is 39.9 Å². The van der Waals surface area contributed by atoms with Gasteiger partial charge in [-0.1, -0.05) is 35.9 Å². The van der Waals surface area contributed by atoms with Crippen molar-refractivity contribution in [2.75, 3.05) is 11.9 Å². The van der Waals surface area contributed by atoms with Crippen LogP contribution in [0.5, 0.6) is 0 Å². The lowest BCUT2D eigenvalue weighted by Crippen LogP contribution is -2.67. The monoisotopic (exact) mass is 378 g/mol. The van der Waals surface area contributed by atoms with Crippen molar-refractivity contribution in [3.05, 3.63) is 64.7 Å². The first-order chi connectivity index (χ1) is 13.4. The van der Waals surface area contributed by atoms with Crippen LogP contribution in [0.15, 0.2) is 42.5 Å². The van der Waals surface area contributed by atoms with Gasteiger partial charge in [-0.15, -0.1) is 0 Å². The first kappa shape index (κ1) is 18.2. The predicted molar refractivity (Wildman–Crippen MR) is 104 cm³/mol. The molecule has 2 heterocycles. The van der Waals surface area contributed by atoms with E-state index < -0.39 is 11.6 Å². The highest BCUT2D eigenvalue weighted by molar-refractivity contribution is 6.15. The Morgan fingerprint density at radius 2 is 1.89 bits per heavy atom. The van der Waals surface area contributed by atoms with Crippen LogP contribution in [0.2, 0.25) is 0 Å². The van der Waals surface area contributed by atoms with E-state index >= 15 is 0 Å². The number of carbonyl (C=O) groups is 3. The fourth-order valence-corrected chi connectivity index (χ4v) is 4.11. The summed E-state index contributed by atoms with van der Waals surface area (Å²) >= 11 is 0. The lowest BCUT2D eigenvalue weighted by Gasteiger charge is -2.46. The number of aryl methyl sites for hydroxylation is 2. The van der Waals surface area contributed by atoms with Crippen LogP contribution in [0.25, 0.3) is 0 Å². The highest BCUT2D eigenvalue weighted by Crippen LogP contribution is 2.44. The Bertz CT molecular complexity index is 1000. The molecule has 2 aromatic carbocycles. The molecule has 1 saturated heterocycles.